The summed E-state index contributed by atoms with van der Waals surface area (Å²) in [6, 6.07) is 12.6. The maximum Gasteiger partial charge on any atom is 0.298 e. The summed E-state index contributed by atoms with van der Waals surface area (Å²) in [5.41, 5.74) is 1.14. The van der Waals surface area contributed by atoms with Crippen molar-refractivity contribution >= 4 is 10.1 Å². The third-order valence-corrected chi connectivity index (χ3v) is 5.23. The molecule has 3 rings (SSSR count). The molecular formula is C17H18FNO4S. The molecule has 7 heteroatoms. The van der Waals surface area contributed by atoms with Crippen LogP contribution in [0.1, 0.15) is 17.2 Å². The minimum Gasteiger partial charge on any atom is -0.369 e. The predicted octanol–water partition coefficient (Wildman–Crippen LogP) is 2.39. The lowest BCUT2D eigenvalue weighted by atomic mass is 9.96. The van der Waals surface area contributed by atoms with Gasteiger partial charge in [-0.2, -0.15) is 8.42 Å². The number of likely N-dealkylation sites (N-methyl/N-ethyl adjacent to an activating group) is 1. The van der Waals surface area contributed by atoms with Crippen LogP contribution in [0.4, 0.5) is 4.39 Å². The smallest absolute Gasteiger partial charge is 0.298 e. The van der Waals surface area contributed by atoms with Gasteiger partial charge in [0.25, 0.3) is 10.1 Å². The van der Waals surface area contributed by atoms with Crippen molar-refractivity contribution in [1.29, 1.82) is 0 Å². The molecule has 1 unspecified atom stereocenters. The van der Waals surface area contributed by atoms with Crippen LogP contribution in [0.5, 0.6) is 0 Å². The first-order chi connectivity index (χ1) is 11.5. The number of rotatable bonds is 5. The van der Waals surface area contributed by atoms with Crippen molar-refractivity contribution < 1.29 is 21.7 Å². The Morgan fingerprint density at radius 3 is 2.67 bits per heavy atom. The normalized spacial score (nSPS) is 18.8. The highest BCUT2D eigenvalue weighted by molar-refractivity contribution is 7.86. The maximum atomic E-state index is 14.3. The van der Waals surface area contributed by atoms with Gasteiger partial charge in [-0.15, -0.1) is 0 Å². The molecule has 2 aromatic carbocycles. The molecular weight excluding hydrogens is 333 g/mol. The maximum absolute atomic E-state index is 14.3. The second-order valence-electron chi connectivity index (χ2n) is 5.43. The fourth-order valence-electron chi connectivity index (χ4n) is 2.77. The van der Waals surface area contributed by atoms with Gasteiger partial charge in [0.15, 0.2) is 6.23 Å². The Labute approximate surface area is 140 Å². The molecule has 0 saturated carbocycles. The van der Waals surface area contributed by atoms with Crippen molar-refractivity contribution in [2.45, 2.75) is 23.6 Å². The van der Waals surface area contributed by atoms with Gasteiger partial charge in [0.05, 0.1) is 11.5 Å². The van der Waals surface area contributed by atoms with Crippen LogP contribution < -0.4 is 5.32 Å². The first-order valence-corrected chi connectivity index (χ1v) is 8.98. The van der Waals surface area contributed by atoms with Gasteiger partial charge in [-0.05, 0) is 37.2 Å². The van der Waals surface area contributed by atoms with E-state index in [1.54, 1.807) is 31.3 Å². The lowest BCUT2D eigenvalue weighted by molar-refractivity contribution is -0.0454. The van der Waals surface area contributed by atoms with Gasteiger partial charge in [-0.25, -0.2) is 8.57 Å². The summed E-state index contributed by atoms with van der Waals surface area (Å²) >= 11 is 0. The van der Waals surface area contributed by atoms with Crippen LogP contribution >= 0.6 is 0 Å². The number of fused-ring (bicyclic) bond motifs is 1. The fraction of sp³-hybridized carbons (Fsp3) is 0.294. The number of hydrogen-bond acceptors (Lipinski definition) is 5. The molecule has 2 atom stereocenters. The molecule has 0 aliphatic carbocycles. The van der Waals surface area contributed by atoms with Crippen molar-refractivity contribution in [2.24, 2.45) is 0 Å². The Hall–Kier alpha value is -1.80. The van der Waals surface area contributed by atoms with Crippen LogP contribution in [0.2, 0.25) is 0 Å². The molecule has 1 aliphatic heterocycles. The number of nitrogens with one attached hydrogen (secondary N) is 1. The summed E-state index contributed by atoms with van der Waals surface area (Å²) in [5.74, 6) is -0.432. The summed E-state index contributed by atoms with van der Waals surface area (Å²) in [6.07, 6.45) is -1.31. The molecule has 0 aromatic heterocycles. The number of halogens is 1. The van der Waals surface area contributed by atoms with E-state index in [1.165, 1.54) is 18.2 Å². The molecule has 2 aromatic rings. The molecule has 1 aliphatic rings. The lowest BCUT2D eigenvalue weighted by Crippen LogP contribution is -2.40. The third-order valence-electron chi connectivity index (χ3n) is 3.92. The zero-order valence-electron chi connectivity index (χ0n) is 13.1. The zero-order chi connectivity index (χ0) is 17.2. The highest BCUT2D eigenvalue weighted by Crippen LogP contribution is 2.33. The summed E-state index contributed by atoms with van der Waals surface area (Å²) in [4.78, 5) is 0.0369. The minimum absolute atomic E-state index is 0.0369. The highest BCUT2D eigenvalue weighted by Gasteiger charge is 2.34. The number of benzene rings is 2. The molecule has 0 radical (unpaired) electrons. The fourth-order valence-corrected chi connectivity index (χ4v) is 3.84. The van der Waals surface area contributed by atoms with Crippen molar-refractivity contribution in [1.82, 2.24) is 5.32 Å². The summed E-state index contributed by atoms with van der Waals surface area (Å²) in [5, 5.41) is 2.77. The Kier molecular flexibility index (Phi) is 4.96. The second kappa shape index (κ2) is 6.98. The molecule has 5 nitrogen and oxygen atoms in total. The second-order valence-corrected chi connectivity index (χ2v) is 7.00. The Morgan fingerprint density at radius 1 is 1.21 bits per heavy atom. The number of ether oxygens (including phenoxy) is 1. The molecule has 0 bridgehead atoms. The van der Waals surface area contributed by atoms with Crippen LogP contribution in [-0.4, -0.2) is 28.3 Å². The average molecular weight is 351 g/mol. The van der Waals surface area contributed by atoms with Gasteiger partial charge >= 0.3 is 0 Å². The van der Waals surface area contributed by atoms with Gasteiger partial charge in [0, 0.05) is 5.56 Å². The van der Waals surface area contributed by atoms with E-state index < -0.39 is 28.3 Å². The average Bonchev–Trinajstić information content (AvgIpc) is 2.60. The third kappa shape index (κ3) is 3.34. The first kappa shape index (κ1) is 17.0. The molecule has 0 saturated heterocycles. The molecule has 24 heavy (non-hydrogen) atoms. The zero-order valence-corrected chi connectivity index (χ0v) is 13.9. The van der Waals surface area contributed by atoms with Crippen molar-refractivity contribution in [3.63, 3.8) is 0 Å². The molecule has 0 fully saturated rings. The standard InChI is InChI=1S/C17H18FNO4S/c1-19-17(23-24(20,21)13-7-3-2-4-8-13)16-15-12(10-11-22-16)6-5-9-14(15)18/h2-9,16-17,19H,10-11H2,1H3/t16?,17-/m1/s1. The van der Waals surface area contributed by atoms with E-state index in [-0.39, 0.29) is 4.90 Å². The van der Waals surface area contributed by atoms with Crippen LogP contribution in [0.3, 0.4) is 0 Å². The summed E-state index contributed by atoms with van der Waals surface area (Å²) in [7, 11) is -2.46. The predicted molar refractivity (Wildman–Crippen MR) is 86.4 cm³/mol. The Balaban J connectivity index is 1.92. The van der Waals surface area contributed by atoms with E-state index in [0.717, 1.165) is 5.56 Å². The first-order valence-electron chi connectivity index (χ1n) is 7.57. The van der Waals surface area contributed by atoms with Gasteiger partial charge in [-0.3, -0.25) is 5.32 Å². The lowest BCUT2D eigenvalue weighted by Gasteiger charge is -2.31. The van der Waals surface area contributed by atoms with Gasteiger partial charge in [-0.1, -0.05) is 30.3 Å². The van der Waals surface area contributed by atoms with E-state index in [0.29, 0.717) is 18.6 Å². The Bertz CT molecular complexity index is 811. The van der Waals surface area contributed by atoms with Crippen molar-refractivity contribution in [3.05, 3.63) is 65.5 Å². The van der Waals surface area contributed by atoms with E-state index in [2.05, 4.69) is 5.32 Å². The van der Waals surface area contributed by atoms with E-state index in [4.69, 9.17) is 8.92 Å². The topological polar surface area (TPSA) is 64.6 Å². The largest absolute Gasteiger partial charge is 0.369 e. The molecule has 128 valence electrons. The monoisotopic (exact) mass is 351 g/mol. The highest BCUT2D eigenvalue weighted by atomic mass is 32.2. The van der Waals surface area contributed by atoms with E-state index in [1.807, 2.05) is 6.07 Å². The van der Waals surface area contributed by atoms with Gasteiger partial charge in [0.1, 0.15) is 11.9 Å². The number of hydrogen-bond donors (Lipinski definition) is 1. The minimum atomic E-state index is -4.00. The quantitative estimate of drug-likeness (QED) is 0.662. The summed E-state index contributed by atoms with van der Waals surface area (Å²) < 4.78 is 50.0. The van der Waals surface area contributed by atoms with Crippen molar-refractivity contribution in [3.8, 4) is 0 Å². The Morgan fingerprint density at radius 2 is 1.96 bits per heavy atom. The van der Waals surface area contributed by atoms with Crippen molar-refractivity contribution in [2.75, 3.05) is 13.7 Å². The van der Waals surface area contributed by atoms with Crippen LogP contribution in [0, 0.1) is 5.82 Å². The van der Waals surface area contributed by atoms with Crippen LogP contribution in [0.15, 0.2) is 53.4 Å². The molecule has 0 amide bonds. The molecule has 1 heterocycles. The molecule has 1 N–H and O–H groups in total. The van der Waals surface area contributed by atoms with Gasteiger partial charge < -0.3 is 4.74 Å². The SMILES string of the molecule is CN[C@H](OS(=O)(=O)c1ccccc1)C1OCCc2cccc(F)c21. The van der Waals surface area contributed by atoms with Crippen LogP contribution in [-0.2, 0) is 25.5 Å². The van der Waals surface area contributed by atoms with Gasteiger partial charge in [0.2, 0.25) is 0 Å². The van der Waals surface area contributed by atoms with E-state index >= 15 is 0 Å². The van der Waals surface area contributed by atoms with E-state index in [9.17, 15) is 12.8 Å². The summed E-state index contributed by atoms with van der Waals surface area (Å²) in [6.45, 7) is 0.369. The van der Waals surface area contributed by atoms with Crippen LogP contribution in [0.25, 0.3) is 0 Å². The molecule has 0 spiro atoms.